The van der Waals surface area contributed by atoms with Crippen molar-refractivity contribution in [3.05, 3.63) is 23.8 Å². The van der Waals surface area contributed by atoms with Crippen molar-refractivity contribution in [2.45, 2.75) is 6.10 Å². The van der Waals surface area contributed by atoms with E-state index in [1.54, 1.807) is 11.8 Å². The monoisotopic (exact) mass is 293 g/mol. The van der Waals surface area contributed by atoms with Gasteiger partial charge < -0.3 is 19.9 Å². The Bertz CT molecular complexity index is 473. The molecule has 0 saturated heterocycles. The van der Waals surface area contributed by atoms with Crippen molar-refractivity contribution < 1.29 is 14.6 Å². The number of thioether (sulfide) groups is 1. The molecule has 1 aromatic carbocycles. The first kappa shape index (κ1) is 15.0. The predicted octanol–water partition coefficient (Wildman–Crippen LogP) is 1.45. The topological polar surface area (TPSA) is 50.7 Å². The molecular weight excluding hydrogens is 274 g/mol. The van der Waals surface area contributed by atoms with E-state index in [0.29, 0.717) is 25.5 Å². The van der Waals surface area contributed by atoms with Gasteiger partial charge >= 0.3 is 0 Å². The highest BCUT2D eigenvalue weighted by atomic mass is 32.2. The molecule has 1 heterocycles. The van der Waals surface area contributed by atoms with Gasteiger partial charge in [-0.25, -0.2) is 0 Å². The van der Waals surface area contributed by atoms with Gasteiger partial charge in [0.15, 0.2) is 11.5 Å². The number of benzene rings is 1. The van der Waals surface area contributed by atoms with Crippen molar-refractivity contribution in [2.75, 3.05) is 37.8 Å². The summed E-state index contributed by atoms with van der Waals surface area (Å²) < 4.78 is 11.0. The summed E-state index contributed by atoms with van der Waals surface area (Å²) in [5.41, 5.74) is 0.832. The fraction of sp³-hybridized carbons (Fsp3) is 0.467. The van der Waals surface area contributed by atoms with Crippen molar-refractivity contribution in [3.8, 4) is 23.8 Å². The molecule has 0 aliphatic carbocycles. The third-order valence-corrected chi connectivity index (χ3v) is 3.76. The highest BCUT2D eigenvalue weighted by Crippen LogP contribution is 2.32. The Kier molecular flexibility index (Phi) is 6.06. The zero-order valence-electron chi connectivity index (χ0n) is 11.3. The third kappa shape index (κ3) is 4.34. The molecule has 2 N–H and O–H groups in total. The Morgan fingerprint density at radius 1 is 1.35 bits per heavy atom. The Morgan fingerprint density at radius 3 is 2.95 bits per heavy atom. The number of aliphatic hydroxyl groups is 1. The molecule has 1 atom stereocenters. The molecule has 0 fully saturated rings. The van der Waals surface area contributed by atoms with E-state index in [2.05, 4.69) is 11.2 Å². The molecule has 1 aliphatic heterocycles. The van der Waals surface area contributed by atoms with Gasteiger partial charge in [-0.3, -0.25) is 0 Å². The van der Waals surface area contributed by atoms with E-state index in [-0.39, 0.29) is 0 Å². The van der Waals surface area contributed by atoms with E-state index in [1.807, 2.05) is 18.2 Å². The quantitative estimate of drug-likeness (QED) is 0.588. The van der Waals surface area contributed by atoms with Crippen LogP contribution in [-0.4, -0.2) is 42.9 Å². The molecule has 0 saturated carbocycles. The van der Waals surface area contributed by atoms with Crippen molar-refractivity contribution in [3.63, 3.8) is 0 Å². The summed E-state index contributed by atoms with van der Waals surface area (Å²) in [6.07, 6.45) is 4.62. The summed E-state index contributed by atoms with van der Waals surface area (Å²) in [6.45, 7) is 2.47. The first-order chi connectivity index (χ1) is 9.81. The zero-order chi connectivity index (χ0) is 14.2. The average molecular weight is 293 g/mol. The summed E-state index contributed by atoms with van der Waals surface area (Å²) in [4.78, 5) is 0. The normalized spacial score (nSPS) is 14.6. The molecule has 4 nitrogen and oxygen atoms in total. The lowest BCUT2D eigenvalue weighted by Crippen LogP contribution is -2.24. The van der Waals surface area contributed by atoms with E-state index in [1.165, 1.54) is 0 Å². The fourth-order valence-corrected chi connectivity index (χ4v) is 2.45. The van der Waals surface area contributed by atoms with Crippen LogP contribution in [0.1, 0.15) is 11.7 Å². The van der Waals surface area contributed by atoms with Gasteiger partial charge in [-0.15, -0.1) is 18.2 Å². The number of ether oxygens (including phenoxy) is 2. The van der Waals surface area contributed by atoms with Gasteiger partial charge in [-0.05, 0) is 17.7 Å². The Hall–Kier alpha value is -1.35. The number of fused-ring (bicyclic) bond motifs is 1. The molecule has 20 heavy (non-hydrogen) atoms. The van der Waals surface area contributed by atoms with E-state index in [9.17, 15) is 5.11 Å². The van der Waals surface area contributed by atoms with Crippen molar-refractivity contribution in [1.82, 2.24) is 5.32 Å². The molecule has 1 aromatic rings. The summed E-state index contributed by atoms with van der Waals surface area (Å²) in [6, 6.07) is 5.55. The van der Waals surface area contributed by atoms with Crippen LogP contribution in [0.15, 0.2) is 18.2 Å². The number of nitrogens with one attached hydrogen (secondary N) is 1. The van der Waals surface area contributed by atoms with Crippen LogP contribution in [0.5, 0.6) is 11.5 Å². The van der Waals surface area contributed by atoms with Crippen LogP contribution < -0.4 is 14.8 Å². The van der Waals surface area contributed by atoms with E-state index in [0.717, 1.165) is 29.4 Å². The molecule has 0 aromatic heterocycles. The van der Waals surface area contributed by atoms with Crippen LogP contribution in [0, 0.1) is 12.3 Å². The van der Waals surface area contributed by atoms with Crippen LogP contribution in [0.2, 0.25) is 0 Å². The highest BCUT2D eigenvalue weighted by Gasteiger charge is 2.15. The number of aliphatic hydroxyl groups excluding tert-OH is 1. The van der Waals surface area contributed by atoms with Crippen LogP contribution >= 0.6 is 11.8 Å². The maximum Gasteiger partial charge on any atom is 0.161 e. The van der Waals surface area contributed by atoms with Crippen LogP contribution in [0.3, 0.4) is 0 Å². The number of hydrogen-bond donors (Lipinski definition) is 2. The van der Waals surface area contributed by atoms with Gasteiger partial charge in [0.2, 0.25) is 0 Å². The second kappa shape index (κ2) is 8.05. The molecule has 0 radical (unpaired) electrons. The number of rotatable bonds is 7. The predicted molar refractivity (Wildman–Crippen MR) is 81.4 cm³/mol. The van der Waals surface area contributed by atoms with E-state index < -0.39 is 6.10 Å². The second-order valence-electron chi connectivity index (χ2n) is 4.38. The molecule has 0 amide bonds. The van der Waals surface area contributed by atoms with Gasteiger partial charge in [-0.1, -0.05) is 12.0 Å². The maximum absolute atomic E-state index is 10.1. The minimum atomic E-state index is -0.552. The zero-order valence-corrected chi connectivity index (χ0v) is 12.1. The number of terminal acetylenes is 1. The molecule has 5 heteroatoms. The largest absolute Gasteiger partial charge is 0.486 e. The van der Waals surface area contributed by atoms with Gasteiger partial charge in [0, 0.05) is 18.8 Å². The molecule has 0 spiro atoms. The summed E-state index contributed by atoms with van der Waals surface area (Å²) >= 11 is 1.70. The van der Waals surface area contributed by atoms with Gasteiger partial charge in [0.25, 0.3) is 0 Å². The number of hydrogen-bond acceptors (Lipinski definition) is 5. The Morgan fingerprint density at radius 2 is 2.15 bits per heavy atom. The lowest BCUT2D eigenvalue weighted by atomic mass is 10.1. The second-order valence-corrected chi connectivity index (χ2v) is 5.48. The molecule has 2 rings (SSSR count). The summed E-state index contributed by atoms with van der Waals surface area (Å²) in [5.74, 6) is 5.70. The summed E-state index contributed by atoms with van der Waals surface area (Å²) in [5, 5.41) is 13.3. The van der Waals surface area contributed by atoms with Crippen LogP contribution in [0.4, 0.5) is 0 Å². The fourth-order valence-electron chi connectivity index (χ4n) is 1.90. The van der Waals surface area contributed by atoms with E-state index in [4.69, 9.17) is 15.9 Å². The Balaban J connectivity index is 1.77. The summed E-state index contributed by atoms with van der Waals surface area (Å²) in [7, 11) is 0. The molecule has 108 valence electrons. The van der Waals surface area contributed by atoms with Crippen molar-refractivity contribution in [1.29, 1.82) is 0 Å². The van der Waals surface area contributed by atoms with Crippen LogP contribution in [0.25, 0.3) is 0 Å². The van der Waals surface area contributed by atoms with Crippen LogP contribution in [-0.2, 0) is 0 Å². The van der Waals surface area contributed by atoms with E-state index >= 15 is 0 Å². The average Bonchev–Trinajstić information content (AvgIpc) is 2.50. The van der Waals surface area contributed by atoms with Crippen molar-refractivity contribution in [2.24, 2.45) is 0 Å². The first-order valence-electron chi connectivity index (χ1n) is 6.61. The third-order valence-electron chi connectivity index (χ3n) is 2.90. The smallest absolute Gasteiger partial charge is 0.161 e. The SMILES string of the molecule is C#CCSCCNCC(O)c1ccc2c(c1)OCCO2. The molecule has 0 bridgehead atoms. The highest BCUT2D eigenvalue weighted by molar-refractivity contribution is 7.99. The standard InChI is InChI=1S/C15H19NO3S/c1-2-8-20-9-5-16-11-13(17)12-3-4-14-15(10-12)19-7-6-18-14/h1,3-4,10,13,16-17H,5-9,11H2. The molecule has 1 aliphatic rings. The first-order valence-corrected chi connectivity index (χ1v) is 7.76. The molecular formula is C15H19NO3S. The van der Waals surface area contributed by atoms with Gasteiger partial charge in [0.1, 0.15) is 13.2 Å². The Labute approximate surface area is 123 Å². The molecule has 1 unspecified atom stereocenters. The lowest BCUT2D eigenvalue weighted by Gasteiger charge is -2.20. The minimum absolute atomic E-state index is 0.510. The minimum Gasteiger partial charge on any atom is -0.486 e. The maximum atomic E-state index is 10.1. The van der Waals surface area contributed by atoms with Crippen molar-refractivity contribution >= 4 is 11.8 Å². The lowest BCUT2D eigenvalue weighted by molar-refractivity contribution is 0.163. The van der Waals surface area contributed by atoms with Gasteiger partial charge in [0.05, 0.1) is 11.9 Å². The van der Waals surface area contributed by atoms with Gasteiger partial charge in [-0.2, -0.15) is 0 Å².